The molecule has 0 aliphatic rings. The molecule has 5 heteroatoms. The molecule has 0 aliphatic heterocycles. The molecule has 18 heavy (non-hydrogen) atoms. The van der Waals surface area contributed by atoms with E-state index in [9.17, 15) is 8.42 Å². The molecule has 0 amide bonds. The van der Waals surface area contributed by atoms with E-state index >= 15 is 0 Å². The van der Waals surface area contributed by atoms with E-state index in [1.165, 1.54) is 19.1 Å². The molecule has 4 nitrogen and oxygen atoms in total. The summed E-state index contributed by atoms with van der Waals surface area (Å²) in [6, 6.07) is 0. The first kappa shape index (κ1) is 30.7. The van der Waals surface area contributed by atoms with Crippen molar-refractivity contribution in [3.8, 4) is 0 Å². The van der Waals surface area contributed by atoms with Gasteiger partial charge in [-0.25, -0.2) is 13.1 Å². The molecule has 118 valence electrons. The van der Waals surface area contributed by atoms with Gasteiger partial charge < -0.3 is 5.73 Å². The fourth-order valence-corrected chi connectivity index (χ4v) is 1.15. The van der Waals surface area contributed by atoms with Crippen molar-refractivity contribution >= 4 is 10.0 Å². The van der Waals surface area contributed by atoms with Crippen LogP contribution in [0.4, 0.5) is 0 Å². The molecule has 0 aromatic rings. The number of rotatable bonds is 6. The lowest BCUT2D eigenvalue weighted by atomic mass is 10.3. The lowest BCUT2D eigenvalue weighted by Gasteiger charge is -1.97. The summed E-state index contributed by atoms with van der Waals surface area (Å²) in [5, 5.41) is 0. The number of nitrogens with two attached hydrogens (primary N) is 1. The molecule has 0 aromatic carbocycles. The van der Waals surface area contributed by atoms with Crippen molar-refractivity contribution in [1.29, 1.82) is 0 Å². The highest BCUT2D eigenvalue weighted by Crippen LogP contribution is 1.83. The Balaban J connectivity index is -0.0000000546. The molecule has 0 radical (unpaired) electrons. The molecule has 0 aromatic heterocycles. The first-order chi connectivity index (χ1) is 7.47. The van der Waals surface area contributed by atoms with Crippen LogP contribution in [0.3, 0.4) is 0 Å². The lowest BCUT2D eigenvalue weighted by molar-refractivity contribution is 0.584. The Bertz CT molecular complexity index is 191. The van der Waals surface area contributed by atoms with Gasteiger partial charge in [-0.15, -0.1) is 0 Å². The lowest BCUT2D eigenvalue weighted by Crippen LogP contribution is -2.22. The molecular formula is C13H38N2O2S. The van der Waals surface area contributed by atoms with Crippen molar-refractivity contribution in [2.45, 2.75) is 68.2 Å². The van der Waals surface area contributed by atoms with Gasteiger partial charge in [-0.2, -0.15) is 0 Å². The molecule has 0 unspecified atom stereocenters. The minimum atomic E-state index is -2.95. The maximum atomic E-state index is 10.4. The smallest absolute Gasteiger partial charge is 0.208 e. The predicted octanol–water partition coefficient (Wildman–Crippen LogP) is 3.38. The Morgan fingerprint density at radius 1 is 1.00 bits per heavy atom. The zero-order valence-electron chi connectivity index (χ0n) is 11.5. The molecule has 0 atom stereocenters. The molecule has 0 bridgehead atoms. The fraction of sp³-hybridized carbons (Fsp3) is 1.00. The third kappa shape index (κ3) is 56.7. The minimum Gasteiger partial charge on any atom is -0.330 e. The molecule has 3 N–H and O–H groups in total. The van der Waals surface area contributed by atoms with Crippen LogP contribution in [0.25, 0.3) is 0 Å². The van der Waals surface area contributed by atoms with Crippen molar-refractivity contribution in [3.05, 3.63) is 0 Å². The van der Waals surface area contributed by atoms with Crippen LogP contribution in [-0.4, -0.2) is 27.8 Å². The molecule has 0 fully saturated rings. The van der Waals surface area contributed by atoms with Crippen LogP contribution >= 0.6 is 0 Å². The largest absolute Gasteiger partial charge is 0.330 e. The summed E-state index contributed by atoms with van der Waals surface area (Å²) in [7, 11) is -2.95. The second kappa shape index (κ2) is 25.7. The minimum absolute atomic E-state index is 0. The Morgan fingerprint density at radius 3 is 1.56 bits per heavy atom. The first-order valence-corrected chi connectivity index (χ1v) is 8.01. The van der Waals surface area contributed by atoms with Crippen LogP contribution in [0.5, 0.6) is 0 Å². The van der Waals surface area contributed by atoms with Crippen molar-refractivity contribution in [1.82, 2.24) is 4.72 Å². The van der Waals surface area contributed by atoms with Gasteiger partial charge in [0.05, 0.1) is 6.26 Å². The normalized spacial score (nSPS) is 8.56. The SMILES string of the molecule is C.C.CC.CCCCN.CCCCNS(C)(=O)=O. The average Bonchev–Trinajstić information content (AvgIpc) is 2.22. The second-order valence-corrected chi connectivity index (χ2v) is 5.00. The van der Waals surface area contributed by atoms with E-state index in [2.05, 4.69) is 11.6 Å². The summed E-state index contributed by atoms with van der Waals surface area (Å²) in [5.41, 5.74) is 5.14. The van der Waals surface area contributed by atoms with E-state index < -0.39 is 10.0 Å². The van der Waals surface area contributed by atoms with Crippen molar-refractivity contribution < 1.29 is 8.42 Å². The molecule has 0 heterocycles. The zero-order chi connectivity index (χ0) is 13.4. The molecule has 0 saturated heterocycles. The summed E-state index contributed by atoms with van der Waals surface area (Å²) in [5.74, 6) is 0. The van der Waals surface area contributed by atoms with E-state index in [0.29, 0.717) is 6.54 Å². The Kier molecular flexibility index (Phi) is 43.8. The zero-order valence-corrected chi connectivity index (χ0v) is 12.4. The van der Waals surface area contributed by atoms with Crippen LogP contribution in [0.15, 0.2) is 0 Å². The fourth-order valence-electron chi connectivity index (χ4n) is 0.638. The Hall–Kier alpha value is -0.130. The third-order valence-corrected chi connectivity index (χ3v) is 2.18. The van der Waals surface area contributed by atoms with Gasteiger partial charge in [0.15, 0.2) is 0 Å². The van der Waals surface area contributed by atoms with Crippen LogP contribution in [-0.2, 0) is 10.0 Å². The summed E-state index contributed by atoms with van der Waals surface area (Å²) in [6.45, 7) is 9.56. The van der Waals surface area contributed by atoms with Gasteiger partial charge in [0.25, 0.3) is 0 Å². The van der Waals surface area contributed by atoms with Gasteiger partial charge in [0.1, 0.15) is 0 Å². The third-order valence-electron chi connectivity index (χ3n) is 1.45. The second-order valence-electron chi connectivity index (χ2n) is 3.16. The standard InChI is InChI=1S/C5H13NO2S.C4H11N.C2H6.2CH4/c1-3-4-5-6-9(2,7)8;1-2-3-4-5;1-2;;/h6H,3-5H2,1-2H3;2-5H2,1H3;1-2H3;2*1H4. The Labute approximate surface area is 117 Å². The van der Waals surface area contributed by atoms with Gasteiger partial charge in [0.2, 0.25) is 10.0 Å². The van der Waals surface area contributed by atoms with Crippen molar-refractivity contribution in [2.24, 2.45) is 5.73 Å². The number of hydrogen-bond donors (Lipinski definition) is 2. The van der Waals surface area contributed by atoms with E-state index in [1.807, 2.05) is 20.8 Å². The number of sulfonamides is 1. The van der Waals surface area contributed by atoms with Crippen LogP contribution < -0.4 is 10.5 Å². The van der Waals surface area contributed by atoms with Gasteiger partial charge in [-0.1, -0.05) is 55.4 Å². The highest BCUT2D eigenvalue weighted by atomic mass is 32.2. The molecular weight excluding hydrogens is 248 g/mol. The highest BCUT2D eigenvalue weighted by Gasteiger charge is 1.96. The number of hydrogen-bond acceptors (Lipinski definition) is 3. The summed E-state index contributed by atoms with van der Waals surface area (Å²) in [4.78, 5) is 0. The maximum absolute atomic E-state index is 10.4. The van der Waals surface area contributed by atoms with E-state index in [0.717, 1.165) is 19.4 Å². The monoisotopic (exact) mass is 286 g/mol. The summed E-state index contributed by atoms with van der Waals surface area (Å²) >= 11 is 0. The van der Waals surface area contributed by atoms with E-state index in [-0.39, 0.29) is 14.9 Å². The predicted molar refractivity (Wildman–Crippen MR) is 86.5 cm³/mol. The summed E-state index contributed by atoms with van der Waals surface area (Å²) in [6.07, 6.45) is 5.48. The quantitative estimate of drug-likeness (QED) is 0.735. The van der Waals surface area contributed by atoms with Crippen molar-refractivity contribution in [3.63, 3.8) is 0 Å². The maximum Gasteiger partial charge on any atom is 0.208 e. The molecule has 0 spiro atoms. The number of nitrogens with one attached hydrogen (secondary N) is 1. The van der Waals surface area contributed by atoms with Gasteiger partial charge in [-0.05, 0) is 19.4 Å². The molecule has 0 rings (SSSR count). The van der Waals surface area contributed by atoms with Crippen LogP contribution in [0.2, 0.25) is 0 Å². The van der Waals surface area contributed by atoms with E-state index in [1.54, 1.807) is 0 Å². The Morgan fingerprint density at radius 2 is 1.39 bits per heavy atom. The van der Waals surface area contributed by atoms with Crippen molar-refractivity contribution in [2.75, 3.05) is 19.3 Å². The van der Waals surface area contributed by atoms with Gasteiger partial charge >= 0.3 is 0 Å². The number of unbranched alkanes of at least 4 members (excludes halogenated alkanes) is 2. The van der Waals surface area contributed by atoms with Gasteiger partial charge in [0, 0.05) is 6.54 Å². The van der Waals surface area contributed by atoms with Crippen LogP contribution in [0.1, 0.15) is 68.2 Å². The first-order valence-electron chi connectivity index (χ1n) is 6.12. The molecule has 0 aliphatic carbocycles. The van der Waals surface area contributed by atoms with Crippen LogP contribution in [0, 0.1) is 0 Å². The average molecular weight is 287 g/mol. The summed E-state index contributed by atoms with van der Waals surface area (Å²) < 4.78 is 23.2. The highest BCUT2D eigenvalue weighted by molar-refractivity contribution is 7.88. The topological polar surface area (TPSA) is 72.2 Å². The van der Waals surface area contributed by atoms with Gasteiger partial charge in [-0.3, -0.25) is 0 Å². The molecule has 0 saturated carbocycles. The van der Waals surface area contributed by atoms with E-state index in [4.69, 9.17) is 5.73 Å².